The fourth-order valence-corrected chi connectivity index (χ4v) is 2.91. The minimum atomic E-state index is -0.224. The van der Waals surface area contributed by atoms with Gasteiger partial charge in [0, 0.05) is 32.7 Å². The first kappa shape index (κ1) is 16.0. The minimum absolute atomic E-state index is 0.125. The summed E-state index contributed by atoms with van der Waals surface area (Å²) in [6.07, 6.45) is 0.890. The van der Waals surface area contributed by atoms with Crippen LogP contribution in [0.5, 0.6) is 0 Å². The van der Waals surface area contributed by atoms with Crippen molar-refractivity contribution in [2.24, 2.45) is 0 Å². The molecule has 1 saturated heterocycles. The fraction of sp³-hybridized carbons (Fsp3) is 0.353. The van der Waals surface area contributed by atoms with Gasteiger partial charge in [0.15, 0.2) is 11.0 Å². The van der Waals surface area contributed by atoms with E-state index < -0.39 is 0 Å². The van der Waals surface area contributed by atoms with Gasteiger partial charge in [-0.05, 0) is 47.9 Å². The molecule has 2 heterocycles. The molecule has 0 saturated carbocycles. The zero-order valence-corrected chi connectivity index (χ0v) is 13.4. The van der Waals surface area contributed by atoms with Gasteiger partial charge >= 0.3 is 0 Å². The Labute approximate surface area is 139 Å². The molecule has 0 N–H and O–H groups in total. The van der Waals surface area contributed by atoms with Gasteiger partial charge in [-0.3, -0.25) is 9.69 Å². The van der Waals surface area contributed by atoms with E-state index in [2.05, 4.69) is 4.90 Å². The monoisotopic (exact) mass is 336 g/mol. The smallest absolute Gasteiger partial charge is 0.289 e. The third-order valence-corrected chi connectivity index (χ3v) is 4.18. The Bertz CT molecular complexity index is 671. The average Bonchev–Trinajstić information content (AvgIpc) is 2.84. The van der Waals surface area contributed by atoms with Crippen LogP contribution in [-0.2, 0) is 6.54 Å². The third kappa shape index (κ3) is 4.12. The molecule has 1 fully saturated rings. The van der Waals surface area contributed by atoms with Gasteiger partial charge in [0.1, 0.15) is 5.82 Å². The van der Waals surface area contributed by atoms with Gasteiger partial charge in [-0.15, -0.1) is 0 Å². The summed E-state index contributed by atoms with van der Waals surface area (Å²) in [6.45, 7) is 3.77. The van der Waals surface area contributed by atoms with Crippen molar-refractivity contribution in [1.82, 2.24) is 9.80 Å². The van der Waals surface area contributed by atoms with E-state index in [-0.39, 0.29) is 22.7 Å². The summed E-state index contributed by atoms with van der Waals surface area (Å²) in [4.78, 5) is 16.4. The molecule has 0 aliphatic carbocycles. The SMILES string of the molecule is O=C(c1ccc(Cl)o1)N1CCCN(Cc2ccc(F)cc2)CC1. The van der Waals surface area contributed by atoms with Crippen LogP contribution in [0, 0.1) is 5.82 Å². The van der Waals surface area contributed by atoms with Gasteiger partial charge < -0.3 is 9.32 Å². The maximum absolute atomic E-state index is 13.0. The molecule has 1 aliphatic heterocycles. The van der Waals surface area contributed by atoms with E-state index in [1.165, 1.54) is 12.1 Å². The Balaban J connectivity index is 1.58. The molecule has 1 amide bonds. The molecule has 6 heteroatoms. The van der Waals surface area contributed by atoms with Crippen LogP contribution >= 0.6 is 11.6 Å². The zero-order valence-electron chi connectivity index (χ0n) is 12.7. The lowest BCUT2D eigenvalue weighted by molar-refractivity contribution is 0.0729. The van der Waals surface area contributed by atoms with Crippen LogP contribution in [0.25, 0.3) is 0 Å². The molecule has 2 aromatic rings. The van der Waals surface area contributed by atoms with Gasteiger partial charge in [0.05, 0.1) is 0 Å². The molecule has 3 rings (SSSR count). The Morgan fingerprint density at radius 3 is 2.57 bits per heavy atom. The Hall–Kier alpha value is -1.85. The number of amides is 1. The Morgan fingerprint density at radius 2 is 1.87 bits per heavy atom. The van der Waals surface area contributed by atoms with Gasteiger partial charge in [-0.1, -0.05) is 12.1 Å². The second-order valence-corrected chi connectivity index (χ2v) is 6.02. The highest BCUT2D eigenvalue weighted by atomic mass is 35.5. The van der Waals surface area contributed by atoms with Crippen LogP contribution in [0.15, 0.2) is 40.8 Å². The first-order chi connectivity index (χ1) is 11.1. The van der Waals surface area contributed by atoms with E-state index in [0.29, 0.717) is 13.1 Å². The van der Waals surface area contributed by atoms with Crippen LogP contribution in [0.1, 0.15) is 22.5 Å². The van der Waals surface area contributed by atoms with Crippen molar-refractivity contribution < 1.29 is 13.6 Å². The predicted molar refractivity (Wildman–Crippen MR) is 85.9 cm³/mol. The third-order valence-electron chi connectivity index (χ3n) is 3.98. The Morgan fingerprint density at radius 1 is 1.09 bits per heavy atom. The molecule has 4 nitrogen and oxygen atoms in total. The fourth-order valence-electron chi connectivity index (χ4n) is 2.77. The largest absolute Gasteiger partial charge is 0.440 e. The van der Waals surface area contributed by atoms with Gasteiger partial charge in [0.2, 0.25) is 0 Å². The molecule has 1 aromatic carbocycles. The van der Waals surface area contributed by atoms with Crippen molar-refractivity contribution in [3.05, 3.63) is 58.8 Å². The van der Waals surface area contributed by atoms with E-state index in [1.807, 2.05) is 0 Å². The van der Waals surface area contributed by atoms with Crippen molar-refractivity contribution in [3.8, 4) is 0 Å². The number of carbonyl (C=O) groups excluding carboxylic acids is 1. The van der Waals surface area contributed by atoms with Gasteiger partial charge in [0.25, 0.3) is 5.91 Å². The standard InChI is InChI=1S/C17H18ClFN2O2/c18-16-7-6-15(23-16)17(22)21-9-1-8-20(10-11-21)12-13-2-4-14(19)5-3-13/h2-7H,1,8-12H2. The van der Waals surface area contributed by atoms with Crippen molar-refractivity contribution in [2.75, 3.05) is 26.2 Å². The summed E-state index contributed by atoms with van der Waals surface area (Å²) in [5.41, 5.74) is 1.07. The molecular weight excluding hydrogens is 319 g/mol. The van der Waals surface area contributed by atoms with Crippen LogP contribution < -0.4 is 0 Å². The zero-order chi connectivity index (χ0) is 16.2. The van der Waals surface area contributed by atoms with Crippen LogP contribution in [0.3, 0.4) is 0 Å². The molecule has 0 bridgehead atoms. The van der Waals surface area contributed by atoms with Crippen molar-refractivity contribution >= 4 is 17.5 Å². The number of furan rings is 1. The van der Waals surface area contributed by atoms with E-state index in [1.54, 1.807) is 29.2 Å². The molecule has 0 atom stereocenters. The number of halogens is 2. The molecule has 23 heavy (non-hydrogen) atoms. The van der Waals surface area contributed by atoms with E-state index in [4.69, 9.17) is 16.0 Å². The topological polar surface area (TPSA) is 36.7 Å². The molecule has 0 radical (unpaired) electrons. The van der Waals surface area contributed by atoms with Gasteiger partial charge in [-0.2, -0.15) is 0 Å². The Kier molecular flexibility index (Phi) is 4.98. The van der Waals surface area contributed by atoms with Gasteiger partial charge in [-0.25, -0.2) is 4.39 Å². The number of carbonyl (C=O) groups is 1. The second kappa shape index (κ2) is 7.15. The quantitative estimate of drug-likeness (QED) is 0.861. The number of hydrogen-bond donors (Lipinski definition) is 0. The van der Waals surface area contributed by atoms with E-state index >= 15 is 0 Å². The lowest BCUT2D eigenvalue weighted by atomic mass is 10.2. The normalized spacial score (nSPS) is 16.3. The first-order valence-corrected chi connectivity index (χ1v) is 8.01. The summed E-state index contributed by atoms with van der Waals surface area (Å²) in [7, 11) is 0. The van der Waals surface area contributed by atoms with E-state index in [9.17, 15) is 9.18 Å². The molecule has 1 aliphatic rings. The number of rotatable bonds is 3. The van der Waals surface area contributed by atoms with Crippen molar-refractivity contribution in [1.29, 1.82) is 0 Å². The second-order valence-electron chi connectivity index (χ2n) is 5.65. The summed E-state index contributed by atoms with van der Waals surface area (Å²) in [5.74, 6) is -0.0685. The highest BCUT2D eigenvalue weighted by Crippen LogP contribution is 2.17. The van der Waals surface area contributed by atoms with Crippen molar-refractivity contribution in [3.63, 3.8) is 0 Å². The average molecular weight is 337 g/mol. The van der Waals surface area contributed by atoms with E-state index in [0.717, 1.165) is 31.6 Å². The number of benzene rings is 1. The summed E-state index contributed by atoms with van der Waals surface area (Å²) < 4.78 is 18.2. The number of hydrogen-bond acceptors (Lipinski definition) is 3. The van der Waals surface area contributed by atoms with Crippen LogP contribution in [0.2, 0.25) is 5.22 Å². The van der Waals surface area contributed by atoms with Crippen molar-refractivity contribution in [2.45, 2.75) is 13.0 Å². The predicted octanol–water partition coefficient (Wildman–Crippen LogP) is 3.42. The molecule has 0 spiro atoms. The lowest BCUT2D eigenvalue weighted by Crippen LogP contribution is -2.34. The molecule has 122 valence electrons. The number of nitrogens with zero attached hydrogens (tertiary/aromatic N) is 2. The summed E-state index contributed by atoms with van der Waals surface area (Å²) in [5, 5.41) is 0.223. The maximum atomic E-state index is 13.0. The van der Waals surface area contributed by atoms with Crippen LogP contribution in [-0.4, -0.2) is 41.9 Å². The minimum Gasteiger partial charge on any atom is -0.440 e. The lowest BCUT2D eigenvalue weighted by Gasteiger charge is -2.21. The molecular formula is C17H18ClFN2O2. The highest BCUT2D eigenvalue weighted by Gasteiger charge is 2.22. The first-order valence-electron chi connectivity index (χ1n) is 7.63. The molecule has 1 aromatic heterocycles. The summed E-state index contributed by atoms with van der Waals surface area (Å²) in [6, 6.07) is 9.73. The van der Waals surface area contributed by atoms with Crippen LogP contribution in [0.4, 0.5) is 4.39 Å². The maximum Gasteiger partial charge on any atom is 0.289 e. The summed E-state index contributed by atoms with van der Waals surface area (Å²) >= 11 is 5.73. The highest BCUT2D eigenvalue weighted by molar-refractivity contribution is 6.29. The molecule has 0 unspecified atom stereocenters.